The second kappa shape index (κ2) is 6.60. The number of rotatable bonds is 6. The minimum atomic E-state index is 0.138. The number of anilines is 1. The molecule has 1 aromatic carbocycles. The van der Waals surface area contributed by atoms with E-state index in [1.807, 2.05) is 6.92 Å². The van der Waals surface area contributed by atoms with Gasteiger partial charge in [-0.2, -0.15) is 0 Å². The molecule has 1 heterocycles. The Morgan fingerprint density at radius 2 is 2.26 bits per heavy atom. The first-order valence-corrected chi connectivity index (χ1v) is 7.33. The summed E-state index contributed by atoms with van der Waals surface area (Å²) in [6.07, 6.45) is 3.04. The zero-order valence-corrected chi connectivity index (χ0v) is 11.9. The van der Waals surface area contributed by atoms with Gasteiger partial charge in [0.15, 0.2) is 0 Å². The Bertz CT molecular complexity index is 431. The second-order valence-corrected chi connectivity index (χ2v) is 5.43. The highest BCUT2D eigenvalue weighted by Gasteiger charge is 2.21. The molecule has 0 aromatic heterocycles. The average molecular weight is 260 g/mol. The number of hydrogen-bond acceptors (Lipinski definition) is 2. The number of fused-ring (bicyclic) bond motifs is 1. The van der Waals surface area contributed by atoms with Crippen molar-refractivity contribution in [2.45, 2.75) is 39.0 Å². The zero-order chi connectivity index (χ0) is 13.7. The summed E-state index contributed by atoms with van der Waals surface area (Å²) in [4.78, 5) is 11.8. The van der Waals surface area contributed by atoms with Crippen LogP contribution < -0.4 is 10.6 Å². The van der Waals surface area contributed by atoms with Crippen LogP contribution in [0.1, 0.15) is 44.6 Å². The number of hydrogen-bond donors (Lipinski definition) is 2. The van der Waals surface area contributed by atoms with Crippen molar-refractivity contribution in [2.75, 3.05) is 18.4 Å². The summed E-state index contributed by atoms with van der Waals surface area (Å²) in [5.74, 6) is 0.859. The lowest BCUT2D eigenvalue weighted by Crippen LogP contribution is -2.30. The standard InChI is InChI=1S/C16H24N2O/c1-3-6-12(2)16(19)17-10-9-13-11-18-15-8-5-4-7-14(13)15/h4-5,7-8,12-13,18H,3,6,9-11H2,1-2H3,(H,17,19). The van der Waals surface area contributed by atoms with Crippen molar-refractivity contribution >= 4 is 11.6 Å². The lowest BCUT2D eigenvalue weighted by Gasteiger charge is -2.13. The lowest BCUT2D eigenvalue weighted by atomic mass is 9.98. The topological polar surface area (TPSA) is 41.1 Å². The molecular formula is C16H24N2O. The largest absolute Gasteiger partial charge is 0.384 e. The van der Waals surface area contributed by atoms with E-state index in [1.54, 1.807) is 0 Å². The van der Waals surface area contributed by atoms with Gasteiger partial charge in [0.2, 0.25) is 5.91 Å². The van der Waals surface area contributed by atoms with Gasteiger partial charge in [0.1, 0.15) is 0 Å². The van der Waals surface area contributed by atoms with Crippen LogP contribution in [0.25, 0.3) is 0 Å². The smallest absolute Gasteiger partial charge is 0.222 e. The van der Waals surface area contributed by atoms with Crippen molar-refractivity contribution in [2.24, 2.45) is 5.92 Å². The molecule has 104 valence electrons. The van der Waals surface area contributed by atoms with E-state index >= 15 is 0 Å². The first kappa shape index (κ1) is 13.9. The molecule has 3 nitrogen and oxygen atoms in total. The van der Waals surface area contributed by atoms with E-state index in [2.05, 4.69) is 41.8 Å². The summed E-state index contributed by atoms with van der Waals surface area (Å²) >= 11 is 0. The Labute approximate surface area is 115 Å². The average Bonchev–Trinajstić information content (AvgIpc) is 2.82. The number of nitrogens with one attached hydrogen (secondary N) is 2. The maximum atomic E-state index is 11.8. The van der Waals surface area contributed by atoms with Crippen molar-refractivity contribution in [3.05, 3.63) is 29.8 Å². The first-order valence-electron chi connectivity index (χ1n) is 7.33. The molecule has 0 fully saturated rings. The fourth-order valence-corrected chi connectivity index (χ4v) is 2.72. The van der Waals surface area contributed by atoms with E-state index in [-0.39, 0.29) is 11.8 Å². The SMILES string of the molecule is CCCC(C)C(=O)NCCC1CNc2ccccc21. The van der Waals surface area contributed by atoms with Crippen LogP contribution in [-0.2, 0) is 4.79 Å². The Morgan fingerprint density at radius 3 is 3.05 bits per heavy atom. The van der Waals surface area contributed by atoms with E-state index in [4.69, 9.17) is 0 Å². The number of amides is 1. The molecule has 2 rings (SSSR count). The maximum absolute atomic E-state index is 11.8. The minimum Gasteiger partial charge on any atom is -0.384 e. The highest BCUT2D eigenvalue weighted by atomic mass is 16.1. The van der Waals surface area contributed by atoms with Gasteiger partial charge in [0.25, 0.3) is 0 Å². The van der Waals surface area contributed by atoms with Gasteiger partial charge in [0, 0.05) is 30.6 Å². The molecule has 2 N–H and O–H groups in total. The van der Waals surface area contributed by atoms with Crippen molar-refractivity contribution < 1.29 is 4.79 Å². The predicted molar refractivity (Wildman–Crippen MR) is 79.4 cm³/mol. The molecule has 19 heavy (non-hydrogen) atoms. The third kappa shape index (κ3) is 3.49. The van der Waals surface area contributed by atoms with Crippen LogP contribution >= 0.6 is 0 Å². The van der Waals surface area contributed by atoms with Crippen LogP contribution in [0.2, 0.25) is 0 Å². The first-order chi connectivity index (χ1) is 9.22. The number of carbonyl (C=O) groups is 1. The lowest BCUT2D eigenvalue weighted by molar-refractivity contribution is -0.124. The monoisotopic (exact) mass is 260 g/mol. The molecule has 0 saturated heterocycles. The third-order valence-corrected chi connectivity index (χ3v) is 3.90. The molecule has 2 atom stereocenters. The summed E-state index contributed by atoms with van der Waals surface area (Å²) in [5.41, 5.74) is 2.64. The molecule has 3 heteroatoms. The summed E-state index contributed by atoms with van der Waals surface area (Å²) in [6, 6.07) is 8.45. The Balaban J connectivity index is 1.77. The van der Waals surface area contributed by atoms with Crippen molar-refractivity contribution in [1.82, 2.24) is 5.32 Å². The predicted octanol–water partition coefficient (Wildman–Crippen LogP) is 3.14. The molecule has 0 saturated carbocycles. The van der Waals surface area contributed by atoms with Crippen molar-refractivity contribution in [3.63, 3.8) is 0 Å². The number of benzene rings is 1. The van der Waals surface area contributed by atoms with Crippen molar-refractivity contribution in [3.8, 4) is 0 Å². The van der Waals surface area contributed by atoms with Crippen molar-refractivity contribution in [1.29, 1.82) is 0 Å². The molecule has 0 radical (unpaired) electrons. The third-order valence-electron chi connectivity index (χ3n) is 3.90. The molecule has 0 aliphatic carbocycles. The Kier molecular flexibility index (Phi) is 4.83. The van der Waals surface area contributed by atoms with Crippen LogP contribution in [0.3, 0.4) is 0 Å². The van der Waals surface area contributed by atoms with Crippen LogP contribution in [0, 0.1) is 5.92 Å². The van der Waals surface area contributed by atoms with E-state index < -0.39 is 0 Å². The fourth-order valence-electron chi connectivity index (χ4n) is 2.72. The number of carbonyl (C=O) groups excluding carboxylic acids is 1. The Morgan fingerprint density at radius 1 is 1.47 bits per heavy atom. The normalized spacial score (nSPS) is 18.5. The van der Waals surface area contributed by atoms with E-state index in [9.17, 15) is 4.79 Å². The van der Waals surface area contributed by atoms with Gasteiger partial charge >= 0.3 is 0 Å². The minimum absolute atomic E-state index is 0.138. The number of para-hydroxylation sites is 1. The van der Waals surface area contributed by atoms with Crippen LogP contribution in [-0.4, -0.2) is 19.0 Å². The van der Waals surface area contributed by atoms with Gasteiger partial charge in [0.05, 0.1) is 0 Å². The molecule has 2 unspecified atom stereocenters. The van der Waals surface area contributed by atoms with Gasteiger partial charge in [-0.1, -0.05) is 38.5 Å². The molecule has 1 amide bonds. The van der Waals surface area contributed by atoms with Gasteiger partial charge in [-0.15, -0.1) is 0 Å². The summed E-state index contributed by atoms with van der Waals surface area (Å²) in [6.45, 7) is 5.88. The molecule has 1 aliphatic heterocycles. The zero-order valence-electron chi connectivity index (χ0n) is 11.9. The van der Waals surface area contributed by atoms with E-state index in [0.717, 1.165) is 32.4 Å². The molecule has 0 spiro atoms. The maximum Gasteiger partial charge on any atom is 0.222 e. The molecule has 1 aliphatic rings. The van der Waals surface area contributed by atoms with Crippen LogP contribution in [0.5, 0.6) is 0 Å². The summed E-state index contributed by atoms with van der Waals surface area (Å²) < 4.78 is 0. The Hall–Kier alpha value is -1.51. The highest BCUT2D eigenvalue weighted by molar-refractivity contribution is 5.78. The van der Waals surface area contributed by atoms with Gasteiger partial charge in [-0.3, -0.25) is 4.79 Å². The molecule has 1 aromatic rings. The molecule has 0 bridgehead atoms. The fraction of sp³-hybridized carbons (Fsp3) is 0.562. The summed E-state index contributed by atoms with van der Waals surface area (Å²) in [7, 11) is 0. The highest BCUT2D eigenvalue weighted by Crippen LogP contribution is 2.32. The van der Waals surface area contributed by atoms with Gasteiger partial charge < -0.3 is 10.6 Å². The van der Waals surface area contributed by atoms with E-state index in [1.165, 1.54) is 11.3 Å². The second-order valence-electron chi connectivity index (χ2n) is 5.43. The summed E-state index contributed by atoms with van der Waals surface area (Å²) in [5, 5.41) is 6.48. The van der Waals surface area contributed by atoms with Gasteiger partial charge in [-0.25, -0.2) is 0 Å². The molecular weight excluding hydrogens is 236 g/mol. The van der Waals surface area contributed by atoms with Crippen LogP contribution in [0.15, 0.2) is 24.3 Å². The quantitative estimate of drug-likeness (QED) is 0.825. The van der Waals surface area contributed by atoms with Gasteiger partial charge in [-0.05, 0) is 24.5 Å². The van der Waals surface area contributed by atoms with Crippen LogP contribution in [0.4, 0.5) is 5.69 Å². The van der Waals surface area contributed by atoms with E-state index in [0.29, 0.717) is 5.92 Å².